The van der Waals surface area contributed by atoms with Gasteiger partial charge in [0.2, 0.25) is 5.88 Å². The number of imidazole rings is 1. The molecule has 0 radical (unpaired) electrons. The quantitative estimate of drug-likeness (QED) is 0.486. The zero-order valence-electron chi connectivity index (χ0n) is 18.2. The highest BCUT2D eigenvalue weighted by Gasteiger charge is 2.49. The van der Waals surface area contributed by atoms with Crippen LogP contribution in [-0.4, -0.2) is 88.5 Å². The van der Waals surface area contributed by atoms with Crippen molar-refractivity contribution in [3.05, 3.63) is 24.7 Å². The minimum absolute atomic E-state index is 0.0896. The van der Waals surface area contributed by atoms with Crippen LogP contribution in [0, 0.1) is 0 Å². The van der Waals surface area contributed by atoms with Crippen molar-refractivity contribution in [3.63, 3.8) is 0 Å². The Morgan fingerprint density at radius 1 is 1.24 bits per heavy atom. The number of anilines is 1. The molecule has 0 N–H and O–H groups in total. The molecule has 11 nitrogen and oxygen atoms in total. The Balaban J connectivity index is 1.57. The molecule has 15 heteroatoms. The summed E-state index contributed by atoms with van der Waals surface area (Å²) in [6.07, 6.45) is -1.52. The molecular formula is C19H19F4N7O4. The van der Waals surface area contributed by atoms with Gasteiger partial charge in [-0.1, -0.05) is 0 Å². The molecule has 0 aliphatic carbocycles. The summed E-state index contributed by atoms with van der Waals surface area (Å²) in [6.45, 7) is -2.39. The largest absolute Gasteiger partial charge is 0.480 e. The number of carbonyl (C=O) groups is 1. The second-order valence-electron chi connectivity index (χ2n) is 7.47. The lowest BCUT2D eigenvalue weighted by Gasteiger charge is -2.44. The predicted octanol–water partition coefficient (Wildman–Crippen LogP) is 2.32. The van der Waals surface area contributed by atoms with E-state index in [0.717, 1.165) is 7.05 Å². The molecular weight excluding hydrogens is 466 g/mol. The molecule has 1 saturated heterocycles. The molecule has 0 bridgehead atoms. The van der Waals surface area contributed by atoms with Gasteiger partial charge in [0.25, 0.3) is 5.85 Å². The first kappa shape index (κ1) is 23.3. The molecule has 1 aliphatic rings. The Morgan fingerprint density at radius 2 is 1.97 bits per heavy atom. The Hall–Kier alpha value is -3.91. The highest BCUT2D eigenvalue weighted by Crippen LogP contribution is 2.37. The fourth-order valence-corrected chi connectivity index (χ4v) is 3.37. The van der Waals surface area contributed by atoms with Crippen LogP contribution in [-0.2, 0) is 4.74 Å². The lowest BCUT2D eigenvalue weighted by molar-refractivity contribution is -0.154. The van der Waals surface area contributed by atoms with Gasteiger partial charge in [-0.2, -0.15) is 27.6 Å². The van der Waals surface area contributed by atoms with Crippen molar-refractivity contribution in [2.45, 2.75) is 12.0 Å². The topological polar surface area (TPSA) is 107 Å². The molecule has 4 heterocycles. The van der Waals surface area contributed by atoms with E-state index in [1.807, 2.05) is 0 Å². The van der Waals surface area contributed by atoms with Gasteiger partial charge in [0.15, 0.2) is 5.65 Å². The number of amides is 1. The molecule has 1 amide bonds. The smallest absolute Gasteiger partial charge is 0.412 e. The van der Waals surface area contributed by atoms with Gasteiger partial charge in [-0.3, -0.25) is 0 Å². The number of rotatable bonds is 6. The van der Waals surface area contributed by atoms with Crippen LogP contribution in [0.1, 0.15) is 0 Å². The summed E-state index contributed by atoms with van der Waals surface area (Å²) in [5.74, 6) is -2.28. The Kier molecular flexibility index (Phi) is 5.79. The van der Waals surface area contributed by atoms with Crippen LogP contribution < -0.4 is 14.4 Å². The van der Waals surface area contributed by atoms with Crippen molar-refractivity contribution in [1.82, 2.24) is 29.5 Å². The molecule has 0 saturated carbocycles. The third-order valence-corrected chi connectivity index (χ3v) is 4.92. The molecule has 0 aromatic carbocycles. The highest BCUT2D eigenvalue weighted by molar-refractivity contribution is 5.77. The number of aromatic nitrogens is 5. The summed E-state index contributed by atoms with van der Waals surface area (Å²) in [4.78, 5) is 26.1. The lowest BCUT2D eigenvalue weighted by Crippen LogP contribution is -2.62. The molecule has 3 aromatic heterocycles. The average Bonchev–Trinajstić information content (AvgIpc) is 3.23. The second kappa shape index (κ2) is 8.46. The molecule has 1 aliphatic heterocycles. The van der Waals surface area contributed by atoms with Gasteiger partial charge < -0.3 is 24.0 Å². The molecule has 3 aromatic rings. The number of nitrogens with zero attached hydrogens (tertiary/aromatic N) is 7. The number of ether oxygens (including phenoxy) is 3. The van der Waals surface area contributed by atoms with Gasteiger partial charge in [0.1, 0.15) is 12.2 Å². The van der Waals surface area contributed by atoms with E-state index in [1.54, 1.807) is 12.3 Å². The summed E-state index contributed by atoms with van der Waals surface area (Å²) >= 11 is 0. The van der Waals surface area contributed by atoms with Crippen molar-refractivity contribution < 1.29 is 36.6 Å². The zero-order chi connectivity index (χ0) is 24.7. The molecule has 34 heavy (non-hydrogen) atoms. The molecule has 0 atom stereocenters. The summed E-state index contributed by atoms with van der Waals surface area (Å²) < 4.78 is 68.8. The standard InChI is InChI=1S/C19H19F4N7O4/c1-28(10-19(21,22)23)17(31)34-18(20)8-29(9-18)13-6-12(27-30-5-4-24-14(13)30)11-7-25-16(33-3)26-15(11)32-2/h4-7H,8-10H2,1-3H3. The number of carbonyl (C=O) groups excluding carboxylic acids is 1. The lowest BCUT2D eigenvalue weighted by atomic mass is 10.1. The minimum Gasteiger partial charge on any atom is -0.480 e. The number of hydrogen-bond acceptors (Lipinski definition) is 9. The molecule has 1 fully saturated rings. The maximum Gasteiger partial charge on any atom is 0.412 e. The number of hydrogen-bond donors (Lipinski definition) is 0. The van der Waals surface area contributed by atoms with Crippen molar-refractivity contribution in [2.75, 3.05) is 45.8 Å². The van der Waals surface area contributed by atoms with E-state index in [2.05, 4.69) is 24.8 Å². The SMILES string of the molecule is COc1ncc(-c2cc(N3CC(F)(OC(=O)N(C)CC(F)(F)F)C3)c3nccn3n2)c(OC)n1. The highest BCUT2D eigenvalue weighted by atomic mass is 19.4. The van der Waals surface area contributed by atoms with E-state index >= 15 is 0 Å². The van der Waals surface area contributed by atoms with E-state index in [9.17, 15) is 22.4 Å². The first-order valence-electron chi connectivity index (χ1n) is 9.76. The van der Waals surface area contributed by atoms with Crippen LogP contribution in [0.4, 0.5) is 28.0 Å². The zero-order valence-corrected chi connectivity index (χ0v) is 18.2. The third-order valence-electron chi connectivity index (χ3n) is 4.92. The maximum absolute atomic E-state index is 14.9. The fraction of sp³-hybridized carbons (Fsp3) is 0.421. The average molecular weight is 485 g/mol. The Bertz CT molecular complexity index is 1210. The maximum atomic E-state index is 14.9. The van der Waals surface area contributed by atoms with E-state index in [4.69, 9.17) is 9.47 Å². The monoisotopic (exact) mass is 485 g/mol. The first-order chi connectivity index (χ1) is 16.0. The van der Waals surface area contributed by atoms with E-state index in [-0.39, 0.29) is 16.8 Å². The van der Waals surface area contributed by atoms with Crippen LogP contribution in [0.3, 0.4) is 0 Å². The van der Waals surface area contributed by atoms with Gasteiger partial charge in [-0.25, -0.2) is 19.3 Å². The summed E-state index contributed by atoms with van der Waals surface area (Å²) in [6, 6.07) is 1.69. The predicted molar refractivity (Wildman–Crippen MR) is 108 cm³/mol. The second-order valence-corrected chi connectivity index (χ2v) is 7.47. The van der Waals surface area contributed by atoms with Gasteiger partial charge in [-0.15, -0.1) is 0 Å². The van der Waals surface area contributed by atoms with Gasteiger partial charge in [0.05, 0.1) is 38.6 Å². The molecule has 182 valence electrons. The van der Waals surface area contributed by atoms with Crippen molar-refractivity contribution >= 4 is 17.4 Å². The van der Waals surface area contributed by atoms with Crippen molar-refractivity contribution in [1.29, 1.82) is 0 Å². The van der Waals surface area contributed by atoms with Gasteiger partial charge in [0, 0.05) is 25.6 Å². The van der Waals surface area contributed by atoms with Gasteiger partial charge in [-0.05, 0) is 6.07 Å². The fourth-order valence-electron chi connectivity index (χ4n) is 3.37. The van der Waals surface area contributed by atoms with Gasteiger partial charge >= 0.3 is 18.3 Å². The van der Waals surface area contributed by atoms with Crippen LogP contribution in [0.25, 0.3) is 16.9 Å². The van der Waals surface area contributed by atoms with Crippen LogP contribution >= 0.6 is 0 Å². The first-order valence-corrected chi connectivity index (χ1v) is 9.76. The van der Waals surface area contributed by atoms with Crippen LogP contribution in [0.15, 0.2) is 24.7 Å². The number of methoxy groups -OCH3 is 2. The van der Waals surface area contributed by atoms with E-state index < -0.39 is 37.8 Å². The Labute approximate surface area is 189 Å². The molecule has 0 unspecified atom stereocenters. The summed E-state index contributed by atoms with van der Waals surface area (Å²) in [7, 11) is 3.70. The van der Waals surface area contributed by atoms with Crippen LogP contribution in [0.2, 0.25) is 0 Å². The summed E-state index contributed by atoms with van der Waals surface area (Å²) in [5.41, 5.74) is 1.63. The van der Waals surface area contributed by atoms with Crippen molar-refractivity contribution in [2.24, 2.45) is 0 Å². The number of halogens is 4. The molecule has 0 spiro atoms. The van der Waals surface area contributed by atoms with Crippen LogP contribution in [0.5, 0.6) is 11.9 Å². The third kappa shape index (κ3) is 4.58. The number of fused-ring (bicyclic) bond motifs is 1. The van der Waals surface area contributed by atoms with E-state index in [1.165, 1.54) is 36.0 Å². The van der Waals surface area contributed by atoms with E-state index in [0.29, 0.717) is 22.6 Å². The molecule has 4 rings (SSSR count). The minimum atomic E-state index is -4.63. The normalized spacial score (nSPS) is 15.1. The Morgan fingerprint density at radius 3 is 2.62 bits per heavy atom. The summed E-state index contributed by atoms with van der Waals surface area (Å²) in [5, 5.41) is 4.45. The van der Waals surface area contributed by atoms with Crippen molar-refractivity contribution in [3.8, 4) is 23.1 Å². The number of alkyl halides is 4.